The van der Waals surface area contributed by atoms with Crippen LogP contribution < -0.4 is 20.7 Å². The highest BCUT2D eigenvalue weighted by Gasteiger charge is 2.41. The van der Waals surface area contributed by atoms with E-state index in [1.807, 2.05) is 6.07 Å². The molecule has 188 valence electrons. The van der Waals surface area contributed by atoms with E-state index in [0.717, 1.165) is 31.2 Å². The molecular formula is C26H33FN4O4. The highest BCUT2D eigenvalue weighted by atomic mass is 19.1. The number of ether oxygens (including phenoxy) is 1. The Hall–Kier alpha value is -3.33. The molecule has 2 aromatic carbocycles. The van der Waals surface area contributed by atoms with Crippen molar-refractivity contribution in [3.8, 4) is 5.75 Å². The van der Waals surface area contributed by atoms with Crippen LogP contribution in [-0.4, -0.2) is 40.8 Å². The first-order valence-corrected chi connectivity index (χ1v) is 12.2. The smallest absolute Gasteiger partial charge is 0.322 e. The van der Waals surface area contributed by atoms with Crippen LogP contribution in [0.1, 0.15) is 63.1 Å². The second kappa shape index (κ2) is 10.5. The van der Waals surface area contributed by atoms with Gasteiger partial charge in [0.2, 0.25) is 0 Å². The SMILES string of the molecule is CCCC1(CCC)C[C@@H](NC(=O)Nc2ccc3c(c2)NC(=O)N(CCO)C3)c2cccc(F)c2O1. The lowest BCUT2D eigenvalue weighted by Crippen LogP contribution is -2.46. The molecule has 0 bridgehead atoms. The van der Waals surface area contributed by atoms with Gasteiger partial charge in [-0.05, 0) is 36.6 Å². The van der Waals surface area contributed by atoms with Crippen LogP contribution >= 0.6 is 0 Å². The average Bonchev–Trinajstić information content (AvgIpc) is 2.81. The Balaban J connectivity index is 1.51. The number of anilines is 2. The summed E-state index contributed by atoms with van der Waals surface area (Å²) in [4.78, 5) is 26.7. The Bertz CT molecular complexity index is 1090. The topological polar surface area (TPSA) is 103 Å². The zero-order valence-electron chi connectivity index (χ0n) is 20.2. The van der Waals surface area contributed by atoms with Gasteiger partial charge in [-0.3, -0.25) is 0 Å². The number of fused-ring (bicyclic) bond motifs is 2. The average molecular weight is 485 g/mol. The molecule has 0 unspecified atom stereocenters. The van der Waals surface area contributed by atoms with E-state index in [4.69, 9.17) is 9.84 Å². The molecule has 2 aliphatic heterocycles. The van der Waals surface area contributed by atoms with Gasteiger partial charge in [0.15, 0.2) is 11.6 Å². The minimum atomic E-state index is -0.535. The first-order chi connectivity index (χ1) is 16.9. The van der Waals surface area contributed by atoms with Crippen LogP contribution in [0.15, 0.2) is 36.4 Å². The lowest BCUT2D eigenvalue weighted by Gasteiger charge is -2.42. The van der Waals surface area contributed by atoms with Gasteiger partial charge in [0, 0.05) is 36.4 Å². The van der Waals surface area contributed by atoms with E-state index in [2.05, 4.69) is 29.8 Å². The monoisotopic (exact) mass is 484 g/mol. The van der Waals surface area contributed by atoms with E-state index in [-0.39, 0.29) is 24.9 Å². The standard InChI is InChI=1S/C26H33FN4O4/c1-3-10-26(11-4-2)15-22(19-6-5-7-20(27)23(19)35-26)29-24(33)28-18-9-8-17-16-31(12-13-32)25(34)30-21(17)14-18/h5-9,14,22,32H,3-4,10-13,15-16H2,1-2H3,(H,30,34)(H2,28,29,33)/t22-/m1/s1. The van der Waals surface area contributed by atoms with E-state index in [9.17, 15) is 14.0 Å². The second-order valence-electron chi connectivity index (χ2n) is 9.25. The van der Waals surface area contributed by atoms with Crippen molar-refractivity contribution in [3.63, 3.8) is 0 Å². The van der Waals surface area contributed by atoms with E-state index in [1.165, 1.54) is 11.0 Å². The molecule has 35 heavy (non-hydrogen) atoms. The molecule has 0 saturated heterocycles. The van der Waals surface area contributed by atoms with Crippen molar-refractivity contribution in [2.75, 3.05) is 23.8 Å². The maximum atomic E-state index is 14.7. The second-order valence-corrected chi connectivity index (χ2v) is 9.25. The van der Waals surface area contributed by atoms with Crippen LogP contribution in [-0.2, 0) is 6.54 Å². The van der Waals surface area contributed by atoms with E-state index >= 15 is 0 Å². The number of rotatable bonds is 8. The third kappa shape index (κ3) is 5.35. The van der Waals surface area contributed by atoms with Crippen LogP contribution in [0.4, 0.5) is 25.4 Å². The van der Waals surface area contributed by atoms with Crippen LogP contribution in [0, 0.1) is 5.82 Å². The summed E-state index contributed by atoms with van der Waals surface area (Å²) in [5, 5.41) is 17.8. The van der Waals surface area contributed by atoms with Crippen molar-refractivity contribution in [2.45, 2.75) is 64.1 Å². The number of carbonyl (C=O) groups excluding carboxylic acids is 2. The molecule has 0 radical (unpaired) electrons. The molecule has 2 heterocycles. The lowest BCUT2D eigenvalue weighted by atomic mass is 9.81. The number of nitrogens with one attached hydrogen (secondary N) is 3. The van der Waals surface area contributed by atoms with Gasteiger partial charge in [-0.1, -0.05) is 44.9 Å². The summed E-state index contributed by atoms with van der Waals surface area (Å²) in [7, 11) is 0. The number of amides is 4. The largest absolute Gasteiger partial charge is 0.484 e. The lowest BCUT2D eigenvalue weighted by molar-refractivity contribution is 0.0107. The maximum Gasteiger partial charge on any atom is 0.322 e. The number of aliphatic hydroxyl groups excluding tert-OH is 1. The predicted molar refractivity (Wildman–Crippen MR) is 132 cm³/mol. The molecule has 8 nitrogen and oxygen atoms in total. The minimum absolute atomic E-state index is 0.112. The van der Waals surface area contributed by atoms with E-state index in [0.29, 0.717) is 29.9 Å². The summed E-state index contributed by atoms with van der Waals surface area (Å²) < 4.78 is 21.0. The van der Waals surface area contributed by atoms with Crippen molar-refractivity contribution >= 4 is 23.4 Å². The van der Waals surface area contributed by atoms with Crippen LogP contribution in [0.5, 0.6) is 5.75 Å². The number of benzene rings is 2. The Morgan fingerprint density at radius 1 is 1.26 bits per heavy atom. The van der Waals surface area contributed by atoms with Crippen molar-refractivity contribution in [1.82, 2.24) is 10.2 Å². The van der Waals surface area contributed by atoms with Crippen molar-refractivity contribution < 1.29 is 23.8 Å². The van der Waals surface area contributed by atoms with Crippen molar-refractivity contribution in [1.29, 1.82) is 0 Å². The third-order valence-corrected chi connectivity index (χ3v) is 6.61. The number of urea groups is 2. The zero-order valence-corrected chi connectivity index (χ0v) is 20.2. The molecule has 0 saturated carbocycles. The predicted octanol–water partition coefficient (Wildman–Crippen LogP) is 5.15. The molecule has 4 N–H and O–H groups in total. The number of hydrogen-bond donors (Lipinski definition) is 4. The first kappa shape index (κ1) is 24.8. The molecule has 2 aliphatic rings. The number of para-hydroxylation sites is 1. The van der Waals surface area contributed by atoms with Gasteiger partial charge in [-0.2, -0.15) is 0 Å². The first-order valence-electron chi connectivity index (χ1n) is 12.2. The number of carbonyl (C=O) groups is 2. The summed E-state index contributed by atoms with van der Waals surface area (Å²) in [6.07, 6.45) is 3.87. The van der Waals surface area contributed by atoms with Gasteiger partial charge in [0.1, 0.15) is 5.60 Å². The number of hydrogen-bond acceptors (Lipinski definition) is 4. The molecule has 4 amide bonds. The number of aliphatic hydroxyl groups is 1. The molecule has 4 rings (SSSR count). The van der Waals surface area contributed by atoms with Crippen LogP contribution in [0.2, 0.25) is 0 Å². The fourth-order valence-electron chi connectivity index (χ4n) is 5.13. The Kier molecular flexibility index (Phi) is 7.45. The molecule has 2 aromatic rings. The number of β-amino-alcohol motifs (C(OH)–C–C–N with tert-alkyl or cyclic N) is 1. The molecule has 0 fully saturated rings. The van der Waals surface area contributed by atoms with Gasteiger partial charge in [0.25, 0.3) is 0 Å². The maximum absolute atomic E-state index is 14.7. The third-order valence-electron chi connectivity index (χ3n) is 6.61. The van der Waals surface area contributed by atoms with Gasteiger partial charge < -0.3 is 30.7 Å². The Morgan fingerprint density at radius 3 is 2.74 bits per heavy atom. The molecule has 0 aromatic heterocycles. The summed E-state index contributed by atoms with van der Waals surface area (Å²) in [6, 6.07) is 8.99. The summed E-state index contributed by atoms with van der Waals surface area (Å²) in [6.45, 7) is 4.67. The number of nitrogens with zero attached hydrogens (tertiary/aromatic N) is 1. The highest BCUT2D eigenvalue weighted by molar-refractivity contribution is 5.95. The summed E-state index contributed by atoms with van der Waals surface area (Å²) in [5.74, 6) is -0.207. The van der Waals surface area contributed by atoms with Crippen molar-refractivity contribution in [3.05, 3.63) is 53.3 Å². The summed E-state index contributed by atoms with van der Waals surface area (Å²) >= 11 is 0. The fraction of sp³-hybridized carbons (Fsp3) is 0.462. The van der Waals surface area contributed by atoms with Crippen LogP contribution in [0.25, 0.3) is 0 Å². The Labute approximate surface area is 204 Å². The molecule has 0 spiro atoms. The summed E-state index contributed by atoms with van der Waals surface area (Å²) in [5.41, 5.74) is 2.13. The van der Waals surface area contributed by atoms with Crippen molar-refractivity contribution in [2.24, 2.45) is 0 Å². The quantitative estimate of drug-likeness (QED) is 0.416. The van der Waals surface area contributed by atoms with Gasteiger partial charge in [-0.15, -0.1) is 0 Å². The molecule has 1 atom stereocenters. The van der Waals surface area contributed by atoms with Gasteiger partial charge in [-0.25, -0.2) is 14.0 Å². The minimum Gasteiger partial charge on any atom is -0.484 e. The Morgan fingerprint density at radius 2 is 2.03 bits per heavy atom. The molecule has 0 aliphatic carbocycles. The fourth-order valence-corrected chi connectivity index (χ4v) is 5.13. The van der Waals surface area contributed by atoms with Gasteiger partial charge >= 0.3 is 12.1 Å². The van der Waals surface area contributed by atoms with E-state index in [1.54, 1.807) is 24.3 Å². The number of halogens is 1. The molecule has 9 heteroatoms. The normalized spacial score (nSPS) is 18.1. The highest BCUT2D eigenvalue weighted by Crippen LogP contribution is 2.45. The van der Waals surface area contributed by atoms with Crippen LogP contribution in [0.3, 0.4) is 0 Å². The van der Waals surface area contributed by atoms with E-state index < -0.39 is 23.5 Å². The zero-order chi connectivity index (χ0) is 25.0. The molecular weight excluding hydrogens is 451 g/mol. The van der Waals surface area contributed by atoms with Gasteiger partial charge in [0.05, 0.1) is 12.6 Å².